The Morgan fingerprint density at radius 2 is 1.79 bits per heavy atom. The Bertz CT molecular complexity index is 1080. The van der Waals surface area contributed by atoms with E-state index in [2.05, 4.69) is 15.6 Å². The van der Waals surface area contributed by atoms with E-state index in [1.54, 1.807) is 18.3 Å². The lowest BCUT2D eigenvalue weighted by Gasteiger charge is -2.40. The summed E-state index contributed by atoms with van der Waals surface area (Å²) < 4.78 is 65.0. The monoisotopic (exact) mass is 564 g/mol. The number of amides is 1. The Balaban J connectivity index is 0.000000427. The summed E-state index contributed by atoms with van der Waals surface area (Å²) in [6.45, 7) is 0.559. The number of hydrogen-bond acceptors (Lipinski definition) is 6. The molecule has 1 amide bonds. The van der Waals surface area contributed by atoms with Gasteiger partial charge in [0.1, 0.15) is 17.2 Å². The number of halogens is 5. The summed E-state index contributed by atoms with van der Waals surface area (Å²) in [7, 11) is -8.22. The van der Waals surface area contributed by atoms with Gasteiger partial charge in [-0.15, -0.1) is 0 Å². The second-order valence-electron chi connectivity index (χ2n) is 9.65. The second-order valence-corrected chi connectivity index (χ2v) is 12.1. The summed E-state index contributed by atoms with van der Waals surface area (Å²) in [5.74, 6) is -0.311. The van der Waals surface area contributed by atoms with Gasteiger partial charge < -0.3 is 25.4 Å². The Morgan fingerprint density at radius 3 is 2.26 bits per heavy atom. The predicted molar refractivity (Wildman–Crippen MR) is 137 cm³/mol. The van der Waals surface area contributed by atoms with Crippen LogP contribution in [0.15, 0.2) is 53.7 Å². The van der Waals surface area contributed by atoms with Crippen molar-refractivity contribution in [1.29, 1.82) is 0 Å². The zero-order valence-corrected chi connectivity index (χ0v) is 21.7. The van der Waals surface area contributed by atoms with Crippen LogP contribution in [-0.4, -0.2) is 54.1 Å². The molecule has 3 atom stereocenters. The van der Waals surface area contributed by atoms with E-state index < -0.39 is 21.2 Å². The summed E-state index contributed by atoms with van der Waals surface area (Å²) in [6, 6.07) is 5.01. The van der Waals surface area contributed by atoms with E-state index in [1.165, 1.54) is 18.1 Å². The molecule has 0 bridgehead atoms. The van der Waals surface area contributed by atoms with Crippen LogP contribution in [0, 0.1) is 0 Å². The minimum atomic E-state index is -9.75. The van der Waals surface area contributed by atoms with Gasteiger partial charge in [0.25, 0.3) is 0 Å². The van der Waals surface area contributed by atoms with Gasteiger partial charge >= 0.3 is 10.2 Å². The molecule has 1 saturated carbocycles. The molecule has 1 saturated heterocycles. The molecular formula is C25H33F5N4O3S. The van der Waals surface area contributed by atoms with E-state index in [0.29, 0.717) is 30.7 Å². The van der Waals surface area contributed by atoms with Crippen LogP contribution in [-0.2, 0) is 9.59 Å². The SMILES string of the molecule is CN(c1ccc(S(F)(F)(F)(F)F)cc1)C(C(=O)NC1CCCCC1)c1cccnc1.O=CC1CC(O)CN1. The fourth-order valence-corrected chi connectivity index (χ4v) is 5.20. The number of rotatable bonds is 7. The van der Waals surface area contributed by atoms with Gasteiger partial charge in [0.15, 0.2) is 0 Å². The maximum absolute atomic E-state index is 13.1. The number of hydrogen-bond donors (Lipinski definition) is 3. The molecule has 4 rings (SSSR count). The van der Waals surface area contributed by atoms with Crippen molar-refractivity contribution in [2.45, 2.75) is 67.6 Å². The van der Waals surface area contributed by atoms with Gasteiger partial charge in [-0.3, -0.25) is 9.78 Å². The van der Waals surface area contributed by atoms with Crippen molar-refractivity contribution in [3.8, 4) is 0 Å². The van der Waals surface area contributed by atoms with Crippen molar-refractivity contribution in [3.05, 3.63) is 54.4 Å². The molecule has 38 heavy (non-hydrogen) atoms. The lowest BCUT2D eigenvalue weighted by atomic mass is 9.95. The van der Waals surface area contributed by atoms with Crippen molar-refractivity contribution >= 4 is 28.1 Å². The maximum Gasteiger partial charge on any atom is 0.310 e. The summed E-state index contributed by atoms with van der Waals surface area (Å²) >= 11 is 0. The molecule has 0 radical (unpaired) electrons. The Labute approximate surface area is 218 Å². The number of aromatic nitrogens is 1. The van der Waals surface area contributed by atoms with Crippen LogP contribution in [0.1, 0.15) is 50.1 Å². The second kappa shape index (κ2) is 11.1. The number of β-amino-alcohol motifs (C(OH)–C–C–N with tert-alkyl or cyclic N) is 1. The smallest absolute Gasteiger partial charge is 0.310 e. The minimum absolute atomic E-state index is 0.0364. The minimum Gasteiger partial charge on any atom is -0.392 e. The van der Waals surface area contributed by atoms with Crippen LogP contribution in [0.2, 0.25) is 0 Å². The average Bonchev–Trinajstić information content (AvgIpc) is 3.30. The number of nitrogens with one attached hydrogen (secondary N) is 2. The van der Waals surface area contributed by atoms with Crippen LogP contribution in [0.4, 0.5) is 25.1 Å². The number of pyridine rings is 1. The highest BCUT2D eigenvalue weighted by molar-refractivity contribution is 8.45. The number of nitrogens with zero attached hydrogens (tertiary/aromatic N) is 2. The third kappa shape index (κ3) is 8.37. The summed E-state index contributed by atoms with van der Waals surface area (Å²) in [5, 5.41) is 14.7. The molecule has 1 aliphatic carbocycles. The van der Waals surface area contributed by atoms with E-state index in [0.717, 1.165) is 50.5 Å². The number of carbonyl (C=O) groups is 2. The van der Waals surface area contributed by atoms with Crippen LogP contribution in [0.3, 0.4) is 0 Å². The van der Waals surface area contributed by atoms with Crippen molar-refractivity contribution in [3.63, 3.8) is 0 Å². The van der Waals surface area contributed by atoms with Gasteiger partial charge in [0.05, 0.1) is 12.1 Å². The molecule has 0 spiro atoms. The Kier molecular flexibility index (Phi) is 8.74. The predicted octanol–water partition coefficient (Wildman–Crippen LogP) is 5.27. The Morgan fingerprint density at radius 1 is 1.13 bits per heavy atom. The first-order valence-corrected chi connectivity index (χ1v) is 14.3. The number of anilines is 1. The third-order valence-electron chi connectivity index (χ3n) is 6.58. The molecule has 1 aromatic carbocycles. The van der Waals surface area contributed by atoms with E-state index in [9.17, 15) is 29.0 Å². The van der Waals surface area contributed by atoms with Crippen LogP contribution in [0.5, 0.6) is 0 Å². The molecule has 212 valence electrons. The largest absolute Gasteiger partial charge is 0.392 e. The molecule has 2 aliphatic rings. The summed E-state index contributed by atoms with van der Waals surface area (Å²) in [4.78, 5) is 26.6. The number of aliphatic hydroxyl groups is 1. The molecule has 2 fully saturated rings. The van der Waals surface area contributed by atoms with Crippen LogP contribution >= 0.6 is 10.2 Å². The van der Waals surface area contributed by atoms with Crippen molar-refractivity contribution in [2.75, 3.05) is 18.5 Å². The average molecular weight is 565 g/mol. The normalized spacial score (nSPS) is 22.7. The quantitative estimate of drug-likeness (QED) is 0.313. The third-order valence-corrected chi connectivity index (χ3v) is 7.75. The topological polar surface area (TPSA) is 94.6 Å². The molecule has 13 heteroatoms. The molecule has 2 heterocycles. The molecule has 3 unspecified atom stereocenters. The molecule has 3 N–H and O–H groups in total. The fourth-order valence-electron chi connectivity index (χ4n) is 4.55. The molecule has 1 aromatic heterocycles. The van der Waals surface area contributed by atoms with Gasteiger partial charge in [0, 0.05) is 43.3 Å². The van der Waals surface area contributed by atoms with Crippen molar-refractivity contribution in [1.82, 2.24) is 15.6 Å². The number of likely N-dealkylation sites (N-methyl/N-ethyl adjacent to an activating group) is 1. The Hall–Kier alpha value is -2.77. The van der Waals surface area contributed by atoms with E-state index >= 15 is 0 Å². The number of carbonyl (C=O) groups excluding carboxylic acids is 2. The number of aliphatic hydroxyl groups excluding tert-OH is 1. The molecule has 1 aliphatic heterocycles. The van der Waals surface area contributed by atoms with E-state index in [1.807, 2.05) is 0 Å². The highest BCUT2D eigenvalue weighted by atomic mass is 32.5. The lowest BCUT2D eigenvalue weighted by molar-refractivity contribution is -0.123. The van der Waals surface area contributed by atoms with Gasteiger partial charge in [-0.2, -0.15) is 0 Å². The van der Waals surface area contributed by atoms with Gasteiger partial charge in [-0.05, 0) is 49.6 Å². The summed E-state index contributed by atoms with van der Waals surface area (Å²) in [5.41, 5.74) is 0.748. The molecular weight excluding hydrogens is 531 g/mol. The zero-order chi connectivity index (χ0) is 28.0. The van der Waals surface area contributed by atoms with Crippen molar-refractivity contribution in [2.24, 2.45) is 0 Å². The van der Waals surface area contributed by atoms with Crippen LogP contribution < -0.4 is 15.5 Å². The number of aldehydes is 1. The van der Waals surface area contributed by atoms with Gasteiger partial charge in [-0.25, -0.2) is 0 Å². The van der Waals surface area contributed by atoms with E-state index in [4.69, 9.17) is 5.11 Å². The first kappa shape index (κ1) is 29.8. The highest BCUT2D eigenvalue weighted by Gasteiger charge is 2.65. The van der Waals surface area contributed by atoms with Crippen LogP contribution in [0.25, 0.3) is 0 Å². The number of benzene rings is 1. The summed E-state index contributed by atoms with van der Waals surface area (Å²) in [6.07, 6.45) is 9.04. The molecule has 7 nitrogen and oxygen atoms in total. The zero-order valence-electron chi connectivity index (χ0n) is 20.9. The molecule has 2 aromatic rings. The standard InChI is InChI=1S/C20H24F5N3OS.C5H9NO2/c1-28(17-9-11-18(12-10-17)30(21,22,23,24)25)19(15-6-5-13-26-14-15)20(29)27-16-7-3-2-4-8-16;7-3-4-1-5(8)2-6-4/h5-6,9-14,16,19H,2-4,7-8H2,1H3,(H,27,29);3-6,8H,1-2H2. The first-order chi connectivity index (χ1) is 17.7. The lowest BCUT2D eigenvalue weighted by Crippen LogP contribution is -2.44. The van der Waals surface area contributed by atoms with Crippen molar-refractivity contribution < 1.29 is 34.1 Å². The maximum atomic E-state index is 13.1. The van der Waals surface area contributed by atoms with E-state index in [-0.39, 0.29) is 29.8 Å². The van der Waals surface area contributed by atoms with Gasteiger partial charge in [0.2, 0.25) is 5.91 Å². The van der Waals surface area contributed by atoms with Gasteiger partial charge in [-0.1, -0.05) is 44.8 Å². The fraction of sp³-hybridized carbons (Fsp3) is 0.480. The first-order valence-electron chi connectivity index (χ1n) is 12.3. The highest BCUT2D eigenvalue weighted by Crippen LogP contribution is 3.02.